The number of amides is 1. The minimum absolute atomic E-state index is 0.0306. The van der Waals surface area contributed by atoms with Gasteiger partial charge in [-0.25, -0.2) is 0 Å². The lowest BCUT2D eigenvalue weighted by Gasteiger charge is -2.71. The van der Waals surface area contributed by atoms with Crippen molar-refractivity contribution >= 4 is 5.91 Å². The van der Waals surface area contributed by atoms with Gasteiger partial charge in [0.25, 0.3) is 0 Å². The molecule has 0 radical (unpaired) electrons. The quantitative estimate of drug-likeness (QED) is 0.298. The molecule has 1 aliphatic heterocycles. The maximum atomic E-state index is 14.6. The third-order valence-corrected chi connectivity index (χ3v) is 15.0. The number of carbonyl (C=O) groups is 1. The number of rotatable bonds is 6. The minimum Gasteiger partial charge on any atom is -0.394 e. The van der Waals surface area contributed by atoms with E-state index >= 15 is 0 Å². The van der Waals surface area contributed by atoms with Crippen LogP contribution in [0.3, 0.4) is 0 Å². The number of allylic oxidation sites excluding steroid dienone is 1. The summed E-state index contributed by atoms with van der Waals surface area (Å²) in [6.45, 7) is 20.8. The van der Waals surface area contributed by atoms with E-state index in [1.54, 1.807) is 0 Å². The van der Waals surface area contributed by atoms with Gasteiger partial charge in [-0.2, -0.15) is 0 Å². The van der Waals surface area contributed by atoms with Crippen molar-refractivity contribution in [1.29, 1.82) is 0 Å². The summed E-state index contributed by atoms with van der Waals surface area (Å²) in [5.41, 5.74) is 3.13. The zero-order valence-corrected chi connectivity index (χ0v) is 28.1. The molecule has 0 bridgehead atoms. The van der Waals surface area contributed by atoms with Crippen molar-refractivity contribution in [3.8, 4) is 0 Å². The van der Waals surface area contributed by atoms with E-state index in [1.807, 2.05) is 18.2 Å². The Kier molecular flexibility index (Phi) is 8.02. The van der Waals surface area contributed by atoms with Crippen molar-refractivity contribution in [2.45, 2.75) is 124 Å². The molecule has 4 heteroatoms. The lowest BCUT2D eigenvalue weighted by Crippen LogP contribution is -2.67. The molecule has 0 unspecified atom stereocenters. The van der Waals surface area contributed by atoms with Gasteiger partial charge in [0.15, 0.2) is 0 Å². The van der Waals surface area contributed by atoms with Crippen LogP contribution >= 0.6 is 0 Å². The van der Waals surface area contributed by atoms with Crippen molar-refractivity contribution in [3.63, 3.8) is 0 Å². The van der Waals surface area contributed by atoms with Crippen molar-refractivity contribution in [1.82, 2.24) is 10.6 Å². The van der Waals surface area contributed by atoms with Gasteiger partial charge in [-0.15, -0.1) is 0 Å². The molecular weight excluding hydrogens is 528 g/mol. The molecule has 4 saturated carbocycles. The number of benzene rings is 1. The van der Waals surface area contributed by atoms with E-state index in [9.17, 15) is 9.90 Å². The van der Waals surface area contributed by atoms with Crippen LogP contribution in [0, 0.1) is 51.2 Å². The van der Waals surface area contributed by atoms with Gasteiger partial charge in [0.1, 0.15) is 0 Å². The number of fused-ring (bicyclic) bond motifs is 7. The molecule has 5 fully saturated rings. The highest BCUT2D eigenvalue weighted by Gasteiger charge is 2.71. The Hall–Kier alpha value is -1.65. The molecule has 0 spiro atoms. The normalized spacial score (nSPS) is 44.1. The number of hydrogen-bond acceptors (Lipinski definition) is 3. The smallest absolute Gasteiger partial charge is 0.226 e. The van der Waals surface area contributed by atoms with E-state index in [0.717, 1.165) is 43.7 Å². The topological polar surface area (TPSA) is 61.4 Å². The van der Waals surface area contributed by atoms with Crippen LogP contribution in [-0.2, 0) is 11.2 Å². The average Bonchev–Trinajstić information content (AvgIpc) is 3.32. The monoisotopic (exact) mass is 588 g/mol. The first-order valence-corrected chi connectivity index (χ1v) is 17.7. The van der Waals surface area contributed by atoms with Crippen LogP contribution in [0.5, 0.6) is 0 Å². The van der Waals surface area contributed by atoms with Gasteiger partial charge >= 0.3 is 0 Å². The fourth-order valence-electron chi connectivity index (χ4n) is 12.8. The van der Waals surface area contributed by atoms with E-state index in [2.05, 4.69) is 70.9 Å². The Bertz CT molecular complexity index is 1210. The van der Waals surface area contributed by atoms with E-state index < -0.39 is 0 Å². The molecule has 10 atom stereocenters. The Morgan fingerprint density at radius 2 is 1.70 bits per heavy atom. The highest BCUT2D eigenvalue weighted by Crippen LogP contribution is 2.76. The van der Waals surface area contributed by atoms with Crippen LogP contribution < -0.4 is 10.6 Å². The SMILES string of the molecule is C=C(C)[C@@H]1CC[C@]2(C(=O)N[C@H](CO)Cc3ccccc3)CC[C@]3(C)[C@H](CC[C@@H]4[C@@]5(C)CCCNC(C)(C)[C@@H]5CC[C@]43C)[C@@H]12. The van der Waals surface area contributed by atoms with Gasteiger partial charge in [-0.3, -0.25) is 4.79 Å². The molecule has 1 saturated heterocycles. The van der Waals surface area contributed by atoms with Gasteiger partial charge in [-0.1, -0.05) is 63.3 Å². The third-order valence-electron chi connectivity index (χ3n) is 15.0. The summed E-state index contributed by atoms with van der Waals surface area (Å²) >= 11 is 0. The Labute approximate surface area is 262 Å². The van der Waals surface area contributed by atoms with E-state index in [4.69, 9.17) is 0 Å². The van der Waals surface area contributed by atoms with Crippen LogP contribution in [0.2, 0.25) is 0 Å². The molecule has 238 valence electrons. The molecule has 6 rings (SSSR count). The number of aliphatic hydroxyl groups excluding tert-OH is 1. The van der Waals surface area contributed by atoms with E-state index in [0.29, 0.717) is 35.5 Å². The zero-order chi connectivity index (χ0) is 30.8. The largest absolute Gasteiger partial charge is 0.394 e. The highest BCUT2D eigenvalue weighted by molar-refractivity contribution is 5.84. The molecule has 5 aliphatic rings. The second-order valence-electron chi connectivity index (χ2n) is 17.1. The molecule has 4 aliphatic carbocycles. The lowest BCUT2D eigenvalue weighted by atomic mass is 9.33. The summed E-state index contributed by atoms with van der Waals surface area (Å²) in [6, 6.07) is 10.0. The van der Waals surface area contributed by atoms with Crippen molar-refractivity contribution in [3.05, 3.63) is 48.0 Å². The zero-order valence-electron chi connectivity index (χ0n) is 28.1. The summed E-state index contributed by atoms with van der Waals surface area (Å²) in [5.74, 6) is 2.94. The molecule has 1 amide bonds. The average molecular weight is 589 g/mol. The number of nitrogens with one attached hydrogen (secondary N) is 2. The summed E-state index contributed by atoms with van der Waals surface area (Å²) in [6.07, 6.45) is 12.6. The second-order valence-corrected chi connectivity index (χ2v) is 17.1. The maximum absolute atomic E-state index is 14.6. The summed E-state index contributed by atoms with van der Waals surface area (Å²) in [5, 5.41) is 17.7. The fraction of sp³-hybridized carbons (Fsp3) is 0.769. The van der Waals surface area contributed by atoms with Gasteiger partial charge in [-0.05, 0) is 149 Å². The van der Waals surface area contributed by atoms with Gasteiger partial charge in [0, 0.05) is 5.54 Å². The molecule has 1 heterocycles. The molecule has 3 N–H and O–H groups in total. The van der Waals surface area contributed by atoms with E-state index in [1.165, 1.54) is 44.1 Å². The first-order valence-electron chi connectivity index (χ1n) is 17.7. The fourth-order valence-corrected chi connectivity index (χ4v) is 12.8. The molecule has 1 aromatic rings. The lowest BCUT2D eigenvalue weighted by molar-refractivity contribution is -0.223. The minimum atomic E-state index is -0.351. The third kappa shape index (κ3) is 4.70. The predicted molar refractivity (Wildman–Crippen MR) is 176 cm³/mol. The maximum Gasteiger partial charge on any atom is 0.226 e. The Morgan fingerprint density at radius 1 is 0.953 bits per heavy atom. The number of hydrogen-bond donors (Lipinski definition) is 3. The number of aliphatic hydroxyl groups is 1. The van der Waals surface area contributed by atoms with Crippen LogP contribution in [0.15, 0.2) is 42.5 Å². The van der Waals surface area contributed by atoms with Gasteiger partial charge in [0.2, 0.25) is 5.91 Å². The van der Waals surface area contributed by atoms with Gasteiger partial charge < -0.3 is 15.7 Å². The molecular formula is C39H60N2O2. The molecule has 4 nitrogen and oxygen atoms in total. The number of carbonyl (C=O) groups excluding carboxylic acids is 1. The molecule has 0 aromatic heterocycles. The highest BCUT2D eigenvalue weighted by atomic mass is 16.3. The summed E-state index contributed by atoms with van der Waals surface area (Å²) in [4.78, 5) is 14.6. The first kappa shape index (κ1) is 31.3. The van der Waals surface area contributed by atoms with Crippen molar-refractivity contribution in [2.75, 3.05) is 13.2 Å². The Balaban J connectivity index is 1.32. The summed E-state index contributed by atoms with van der Waals surface area (Å²) < 4.78 is 0. The second kappa shape index (κ2) is 11.0. The standard InChI is InChI=1S/C39H60N2O2/c1-26(2)29-16-20-39(34(43)41-28(25-42)24-27-12-9-8-10-13-27)22-21-37(6)30(33(29)39)14-15-32-36(5)18-11-23-40-35(3,4)31(36)17-19-38(32,37)7/h8-10,12-13,28-33,40,42H,1,11,14-25H2,2-7H3,(H,41,43)/t28-,29-,30+,31-,32+,33+,36-,37+,38+,39-/m0/s1. The van der Waals surface area contributed by atoms with Gasteiger partial charge in [0.05, 0.1) is 18.1 Å². The van der Waals surface area contributed by atoms with Crippen LogP contribution in [0.1, 0.15) is 111 Å². The first-order chi connectivity index (χ1) is 20.3. The molecule has 43 heavy (non-hydrogen) atoms. The van der Waals surface area contributed by atoms with Crippen molar-refractivity contribution in [2.24, 2.45) is 51.2 Å². The Morgan fingerprint density at radius 3 is 2.40 bits per heavy atom. The van der Waals surface area contributed by atoms with Crippen LogP contribution in [-0.4, -0.2) is 35.7 Å². The van der Waals surface area contributed by atoms with Crippen LogP contribution in [0.25, 0.3) is 0 Å². The predicted octanol–water partition coefficient (Wildman–Crippen LogP) is 7.71. The summed E-state index contributed by atoms with van der Waals surface area (Å²) in [7, 11) is 0. The molecule has 1 aromatic carbocycles. The van der Waals surface area contributed by atoms with Crippen molar-refractivity contribution < 1.29 is 9.90 Å². The van der Waals surface area contributed by atoms with Crippen LogP contribution in [0.4, 0.5) is 0 Å². The van der Waals surface area contributed by atoms with E-state index in [-0.39, 0.29) is 40.3 Å².